The Balaban J connectivity index is 0.000000159. The first-order valence-electron chi connectivity index (χ1n) is 25.9. The van der Waals surface area contributed by atoms with Crippen molar-refractivity contribution in [1.82, 2.24) is 0 Å². The summed E-state index contributed by atoms with van der Waals surface area (Å²) in [4.78, 5) is 0. The van der Waals surface area contributed by atoms with Gasteiger partial charge in [-0.1, -0.05) is 111 Å². The predicted octanol–water partition coefficient (Wildman–Crippen LogP) is 10.8. The highest BCUT2D eigenvalue weighted by Crippen LogP contribution is 2.59. The Labute approximate surface area is 398 Å². The molecule has 1 saturated carbocycles. The van der Waals surface area contributed by atoms with Crippen LogP contribution in [0.2, 0.25) is 0 Å². The van der Waals surface area contributed by atoms with Crippen LogP contribution >= 0.6 is 11.8 Å². The van der Waals surface area contributed by atoms with Crippen LogP contribution in [0.4, 0.5) is 0 Å². The van der Waals surface area contributed by atoms with Crippen molar-refractivity contribution in [1.29, 1.82) is 0 Å². The van der Waals surface area contributed by atoms with Gasteiger partial charge in [0.15, 0.2) is 0 Å². The van der Waals surface area contributed by atoms with Gasteiger partial charge in [-0.2, -0.15) is 11.8 Å². The molecule has 1 aliphatic carbocycles. The Morgan fingerprint density at radius 3 is 1.44 bits per heavy atom. The summed E-state index contributed by atoms with van der Waals surface area (Å²) in [5.41, 5.74) is 0.495. The lowest BCUT2D eigenvalue weighted by atomic mass is 9.62. The largest absolute Gasteiger partial charge is 0.381 e. The molecule has 7 saturated heterocycles. The van der Waals surface area contributed by atoms with E-state index in [0.717, 1.165) is 51.1 Å². The first kappa shape index (κ1) is 54.3. The fraction of sp³-hybridized carbons (Fsp3) is 1.00. The Bertz CT molecular complexity index is 1370. The van der Waals surface area contributed by atoms with Gasteiger partial charge < -0.3 is 28.4 Å². The smallest absolute Gasteiger partial charge is 0.112 e. The monoisotopic (exact) mass is 889 g/mol. The zero-order valence-electron chi connectivity index (χ0n) is 43.2. The van der Waals surface area contributed by atoms with Crippen LogP contribution in [0.1, 0.15) is 169 Å². The van der Waals surface area contributed by atoms with Gasteiger partial charge in [0.25, 0.3) is 0 Å². The lowest BCUT2D eigenvalue weighted by Gasteiger charge is -2.45. The summed E-state index contributed by atoms with van der Waals surface area (Å²) in [5.74, 6) is 8.29. The summed E-state index contributed by atoms with van der Waals surface area (Å²) >= 11 is 2.03. The van der Waals surface area contributed by atoms with Gasteiger partial charge in [-0.15, -0.1) is 0 Å². The molecule has 8 aliphatic rings. The third-order valence-electron chi connectivity index (χ3n) is 16.8. The summed E-state index contributed by atoms with van der Waals surface area (Å²) < 4.78 is 35.9. The Kier molecular flexibility index (Phi) is 19.0. The molecule has 8 radical (unpaired) electrons. The van der Waals surface area contributed by atoms with E-state index >= 15 is 0 Å². The van der Waals surface area contributed by atoms with Crippen molar-refractivity contribution in [2.45, 2.75) is 233 Å². The molecule has 0 aromatic heterocycles. The number of rotatable bonds is 12. The standard InChI is InChI=1S/C14H25BO2.C13H23BO2.C13H23BO.C12H21BOS/c1-9(2)8-11-14(10(3)4)6-5-7-16-12(14)13(15)17-11;1-8(2)7-10-13(9(3)4)5-6-15-11(13)12(14)16-10;1-8(2)7-13-6-5-10(12(14)15-13)11(13)9(3)4;1-7(2)5-12-6-15-10(11(13)14-12)9(12)8(3)4/h9-13H,5-8H2,1-4H3;8-12H,5-7H2,1-4H3;8-12H,5-7H2,1-4H3;7-11H,5-6H2,1-4H3/t11-,12?,13-,14+;10-,11?,12-,13+;10-,11?,12+,13+;9?,10-,11+,12-/m1100/s1. The molecule has 0 N–H and O–H groups in total. The molecule has 354 valence electrons. The molecule has 0 amide bonds. The minimum Gasteiger partial charge on any atom is -0.381 e. The fourth-order valence-corrected chi connectivity index (χ4v) is 16.6. The van der Waals surface area contributed by atoms with E-state index in [-0.39, 0.29) is 70.5 Å². The second-order valence-corrected chi connectivity index (χ2v) is 25.6. The maximum Gasteiger partial charge on any atom is 0.112 e. The van der Waals surface area contributed by atoms with Crippen LogP contribution in [0, 0.1) is 75.9 Å². The van der Waals surface area contributed by atoms with Gasteiger partial charge in [0.2, 0.25) is 0 Å². The molecule has 16 atom stereocenters. The van der Waals surface area contributed by atoms with E-state index in [1.165, 1.54) is 25.7 Å². The number of hydrogen-bond donors (Lipinski definition) is 0. The highest BCUT2D eigenvalue weighted by molar-refractivity contribution is 8.00. The van der Waals surface area contributed by atoms with Crippen molar-refractivity contribution in [3.63, 3.8) is 0 Å². The maximum absolute atomic E-state index is 6.13. The minimum atomic E-state index is -0.235. The van der Waals surface area contributed by atoms with Crippen LogP contribution in [0.3, 0.4) is 0 Å². The summed E-state index contributed by atoms with van der Waals surface area (Å²) in [5, 5.41) is 0.531. The van der Waals surface area contributed by atoms with Crippen LogP contribution in [-0.4, -0.2) is 115 Å². The lowest BCUT2D eigenvalue weighted by Crippen LogP contribution is -2.50. The molecule has 63 heavy (non-hydrogen) atoms. The Morgan fingerprint density at radius 2 is 1.00 bits per heavy atom. The normalized spacial score (nSPS) is 43.6. The average molecular weight is 889 g/mol. The van der Waals surface area contributed by atoms with Crippen LogP contribution < -0.4 is 0 Å². The highest BCUT2D eigenvalue weighted by atomic mass is 32.2. The van der Waals surface area contributed by atoms with Gasteiger partial charge in [0, 0.05) is 65.0 Å². The molecule has 11 heteroatoms. The van der Waals surface area contributed by atoms with Gasteiger partial charge in [-0.25, -0.2) is 0 Å². The lowest BCUT2D eigenvalue weighted by molar-refractivity contribution is -0.0961. The van der Waals surface area contributed by atoms with Gasteiger partial charge in [0.05, 0.1) is 35.6 Å². The topological polar surface area (TPSA) is 55.4 Å². The second kappa shape index (κ2) is 22.0. The Hall–Kier alpha value is 0.370. The molecule has 0 spiro atoms. The SMILES string of the molecule is [B][C@@H]1O[C@@]2(CC(C)C)CC[C@H]1C2C(C)C.[B][C@@H]1O[C@@]2(CC(C)C)CS[C@H]1C2C(C)C.[B][C@@H]1O[C@H](CC(C)C)[C@@]2(C(C)C)CCCOC12.[B][C@@H]1O[C@H](CC(C)C)[C@@]2(C(C)C)CCOC12. The van der Waals surface area contributed by atoms with Crippen LogP contribution in [0.25, 0.3) is 0 Å². The molecule has 4 unspecified atom stereocenters. The highest BCUT2D eigenvalue weighted by Gasteiger charge is 2.62. The van der Waals surface area contributed by atoms with E-state index in [2.05, 4.69) is 111 Å². The van der Waals surface area contributed by atoms with E-state index in [4.69, 9.17) is 59.8 Å². The molecule has 7 aliphatic heterocycles. The number of hydrogen-bond acceptors (Lipinski definition) is 7. The van der Waals surface area contributed by atoms with Gasteiger partial charge in [-0.3, -0.25) is 0 Å². The molecular formula is C52H92B4O6S. The van der Waals surface area contributed by atoms with Crippen LogP contribution in [0.15, 0.2) is 0 Å². The molecule has 0 aromatic rings. The predicted molar refractivity (Wildman–Crippen MR) is 267 cm³/mol. The minimum absolute atomic E-state index is 0.00454. The number of thioether (sulfide) groups is 1. The molecule has 4 bridgehead atoms. The van der Waals surface area contributed by atoms with Crippen molar-refractivity contribution < 1.29 is 28.4 Å². The van der Waals surface area contributed by atoms with E-state index in [1.54, 1.807) is 0 Å². The van der Waals surface area contributed by atoms with Crippen molar-refractivity contribution >= 4 is 43.1 Å². The van der Waals surface area contributed by atoms with Crippen molar-refractivity contribution in [2.24, 2.45) is 75.9 Å². The fourth-order valence-electron chi connectivity index (χ4n) is 14.7. The number of fused-ring (bicyclic) bond motifs is 6. The molecule has 6 nitrogen and oxygen atoms in total. The van der Waals surface area contributed by atoms with E-state index in [0.29, 0.717) is 70.3 Å². The van der Waals surface area contributed by atoms with Crippen molar-refractivity contribution in [3.8, 4) is 0 Å². The molecule has 8 fully saturated rings. The summed E-state index contributed by atoms with van der Waals surface area (Å²) in [6.07, 6.45) is 11.2. The van der Waals surface area contributed by atoms with E-state index in [9.17, 15) is 0 Å². The Morgan fingerprint density at radius 1 is 0.524 bits per heavy atom. The maximum atomic E-state index is 6.13. The zero-order chi connectivity index (χ0) is 47.0. The molecular weight excluding hydrogens is 796 g/mol. The molecule has 7 heterocycles. The van der Waals surface area contributed by atoms with Gasteiger partial charge >= 0.3 is 0 Å². The molecule has 8 rings (SSSR count). The quantitative estimate of drug-likeness (QED) is 0.181. The van der Waals surface area contributed by atoms with Gasteiger partial charge in [-0.05, 0) is 117 Å². The molecule has 0 aromatic carbocycles. The third kappa shape index (κ3) is 11.1. The van der Waals surface area contributed by atoms with Crippen molar-refractivity contribution in [2.75, 3.05) is 19.0 Å². The summed E-state index contributed by atoms with van der Waals surface area (Å²) in [7, 11) is 24.3. The second-order valence-electron chi connectivity index (χ2n) is 24.4. The van der Waals surface area contributed by atoms with Crippen molar-refractivity contribution in [3.05, 3.63) is 0 Å². The van der Waals surface area contributed by atoms with E-state index < -0.39 is 0 Å². The summed E-state index contributed by atoms with van der Waals surface area (Å²) in [6.45, 7) is 38.2. The van der Waals surface area contributed by atoms with Gasteiger partial charge in [0.1, 0.15) is 31.4 Å². The number of ether oxygens (including phenoxy) is 6. The third-order valence-corrected chi connectivity index (χ3v) is 18.4. The van der Waals surface area contributed by atoms with E-state index in [1.807, 2.05) is 11.8 Å². The van der Waals surface area contributed by atoms with Crippen LogP contribution in [0.5, 0.6) is 0 Å². The first-order chi connectivity index (χ1) is 29.4. The van der Waals surface area contributed by atoms with Crippen LogP contribution in [-0.2, 0) is 28.4 Å². The zero-order valence-corrected chi connectivity index (χ0v) is 44.0. The summed E-state index contributed by atoms with van der Waals surface area (Å²) in [6, 6.07) is -0.491. The first-order valence-corrected chi connectivity index (χ1v) is 27.0. The average Bonchev–Trinajstić information content (AvgIpc) is 4.01.